The van der Waals surface area contributed by atoms with Gasteiger partial charge in [0, 0.05) is 17.4 Å². The monoisotopic (exact) mass is 213 g/mol. The summed E-state index contributed by atoms with van der Waals surface area (Å²) in [6, 6.07) is 10.6. The van der Waals surface area contributed by atoms with Crippen LogP contribution in [0.3, 0.4) is 0 Å². The fourth-order valence-electron chi connectivity index (χ4n) is 3.44. The highest BCUT2D eigenvalue weighted by Gasteiger charge is 2.64. The van der Waals surface area contributed by atoms with E-state index in [-0.39, 0.29) is 5.54 Å². The highest BCUT2D eigenvalue weighted by molar-refractivity contribution is 5.84. The Morgan fingerprint density at radius 3 is 2.75 bits per heavy atom. The molecule has 16 heavy (non-hydrogen) atoms. The molecule has 1 aromatic carbocycles. The van der Waals surface area contributed by atoms with Crippen LogP contribution in [0.15, 0.2) is 30.3 Å². The first-order valence-corrected chi connectivity index (χ1v) is 6.15. The van der Waals surface area contributed by atoms with Crippen molar-refractivity contribution in [2.24, 2.45) is 11.8 Å². The molecule has 1 aliphatic heterocycles. The van der Waals surface area contributed by atoms with Gasteiger partial charge >= 0.3 is 0 Å². The van der Waals surface area contributed by atoms with E-state index >= 15 is 0 Å². The van der Waals surface area contributed by atoms with Gasteiger partial charge < -0.3 is 5.32 Å². The van der Waals surface area contributed by atoms with Gasteiger partial charge in [-0.3, -0.25) is 4.79 Å². The summed E-state index contributed by atoms with van der Waals surface area (Å²) in [5.74, 6) is 1.94. The van der Waals surface area contributed by atoms with Crippen LogP contribution in [-0.2, 0) is 4.79 Å². The van der Waals surface area contributed by atoms with Crippen LogP contribution in [-0.4, -0.2) is 11.4 Å². The van der Waals surface area contributed by atoms with Crippen molar-refractivity contribution in [3.8, 4) is 0 Å². The van der Waals surface area contributed by atoms with Crippen molar-refractivity contribution >= 4 is 5.91 Å². The SMILES string of the molecule is O=C1N[C@]2(CC3CC13)CC2c1ccccc1. The van der Waals surface area contributed by atoms with E-state index < -0.39 is 0 Å². The number of fused-ring (bicyclic) bond motifs is 1. The van der Waals surface area contributed by atoms with Crippen LogP contribution in [0, 0.1) is 11.8 Å². The fourth-order valence-corrected chi connectivity index (χ4v) is 3.44. The number of nitrogens with one attached hydrogen (secondary N) is 1. The fraction of sp³-hybridized carbons (Fsp3) is 0.500. The minimum Gasteiger partial charge on any atom is -0.350 e. The van der Waals surface area contributed by atoms with E-state index in [2.05, 4.69) is 35.6 Å². The molecular formula is C14H15NO. The van der Waals surface area contributed by atoms with E-state index in [0.29, 0.717) is 23.7 Å². The minimum atomic E-state index is 0.135. The number of hydrogen-bond donors (Lipinski definition) is 1. The molecule has 1 heterocycles. The topological polar surface area (TPSA) is 29.1 Å². The Kier molecular flexibility index (Phi) is 1.47. The van der Waals surface area contributed by atoms with Crippen molar-refractivity contribution in [1.82, 2.24) is 5.32 Å². The smallest absolute Gasteiger partial charge is 0.223 e. The molecule has 0 aromatic heterocycles. The Morgan fingerprint density at radius 1 is 1.19 bits per heavy atom. The van der Waals surface area contributed by atoms with Crippen molar-refractivity contribution in [3.05, 3.63) is 35.9 Å². The predicted octanol–water partition coefficient (Wildman–Crippen LogP) is 2.07. The molecule has 82 valence electrons. The van der Waals surface area contributed by atoms with Gasteiger partial charge in [-0.15, -0.1) is 0 Å². The van der Waals surface area contributed by atoms with Crippen molar-refractivity contribution < 1.29 is 4.79 Å². The Hall–Kier alpha value is -1.31. The number of amides is 1. The van der Waals surface area contributed by atoms with Gasteiger partial charge in [0.2, 0.25) is 5.91 Å². The maximum atomic E-state index is 11.8. The summed E-state index contributed by atoms with van der Waals surface area (Å²) in [7, 11) is 0. The normalized spacial score (nSPS) is 43.8. The molecular weight excluding hydrogens is 198 g/mol. The third-order valence-corrected chi connectivity index (χ3v) is 4.54. The quantitative estimate of drug-likeness (QED) is 0.760. The summed E-state index contributed by atoms with van der Waals surface area (Å²) in [4.78, 5) is 11.8. The van der Waals surface area contributed by atoms with Gasteiger partial charge in [-0.05, 0) is 30.7 Å². The van der Waals surface area contributed by atoms with Gasteiger partial charge in [-0.2, -0.15) is 0 Å². The zero-order chi connectivity index (χ0) is 10.8. The molecule has 1 saturated heterocycles. The highest BCUT2D eigenvalue weighted by atomic mass is 16.2. The molecule has 1 N–H and O–H groups in total. The van der Waals surface area contributed by atoms with Crippen molar-refractivity contribution in [2.75, 3.05) is 0 Å². The summed E-state index contributed by atoms with van der Waals surface area (Å²) < 4.78 is 0. The lowest BCUT2D eigenvalue weighted by Gasteiger charge is -2.24. The Bertz CT molecular complexity index is 455. The average Bonchev–Trinajstić information content (AvgIpc) is 3.18. The lowest BCUT2D eigenvalue weighted by molar-refractivity contribution is -0.125. The third-order valence-electron chi connectivity index (χ3n) is 4.54. The van der Waals surface area contributed by atoms with Gasteiger partial charge in [-0.1, -0.05) is 30.3 Å². The van der Waals surface area contributed by atoms with Crippen LogP contribution in [0.2, 0.25) is 0 Å². The maximum absolute atomic E-state index is 11.8. The standard InChI is InChI=1S/C14H15NO/c16-13-11-6-10(11)7-14(15-13)8-12(14)9-4-2-1-3-5-9/h1-5,10-12H,6-8H2,(H,15,16)/t10?,11?,12?,14-/m1/s1. The minimum absolute atomic E-state index is 0.135. The Labute approximate surface area is 95.0 Å². The molecule has 2 heteroatoms. The van der Waals surface area contributed by atoms with E-state index in [1.54, 1.807) is 0 Å². The predicted molar refractivity (Wildman–Crippen MR) is 60.9 cm³/mol. The van der Waals surface area contributed by atoms with Crippen LogP contribution in [0.5, 0.6) is 0 Å². The third kappa shape index (κ3) is 1.10. The molecule has 3 aliphatic rings. The molecule has 4 atom stereocenters. The lowest BCUT2D eigenvalue weighted by atomic mass is 9.97. The van der Waals surface area contributed by atoms with Crippen LogP contribution in [0.4, 0.5) is 0 Å². The van der Waals surface area contributed by atoms with Crippen LogP contribution < -0.4 is 5.32 Å². The molecule has 2 nitrogen and oxygen atoms in total. The zero-order valence-electron chi connectivity index (χ0n) is 9.15. The van der Waals surface area contributed by atoms with E-state index in [0.717, 1.165) is 12.8 Å². The lowest BCUT2D eigenvalue weighted by Crippen LogP contribution is -2.43. The summed E-state index contributed by atoms with van der Waals surface area (Å²) in [5, 5.41) is 3.27. The summed E-state index contributed by atoms with van der Waals surface area (Å²) in [5.41, 5.74) is 1.53. The molecule has 3 unspecified atom stereocenters. The first kappa shape index (κ1) is 8.80. The Balaban J connectivity index is 1.61. The first-order chi connectivity index (χ1) is 7.78. The summed E-state index contributed by atoms with van der Waals surface area (Å²) >= 11 is 0. The molecule has 1 spiro atoms. The van der Waals surface area contributed by atoms with Gasteiger partial charge in [-0.25, -0.2) is 0 Å². The Morgan fingerprint density at radius 2 is 2.00 bits per heavy atom. The van der Waals surface area contributed by atoms with Gasteiger partial charge in [0.25, 0.3) is 0 Å². The average molecular weight is 213 g/mol. The number of carbonyl (C=O) groups is 1. The first-order valence-electron chi connectivity index (χ1n) is 6.15. The molecule has 0 radical (unpaired) electrons. The van der Waals surface area contributed by atoms with E-state index in [9.17, 15) is 4.79 Å². The van der Waals surface area contributed by atoms with Crippen molar-refractivity contribution in [3.63, 3.8) is 0 Å². The number of hydrogen-bond acceptors (Lipinski definition) is 1. The second-order valence-electron chi connectivity index (χ2n) is 5.62. The molecule has 3 fully saturated rings. The largest absolute Gasteiger partial charge is 0.350 e. The molecule has 0 bridgehead atoms. The van der Waals surface area contributed by atoms with Crippen molar-refractivity contribution in [2.45, 2.75) is 30.7 Å². The van der Waals surface area contributed by atoms with Gasteiger partial charge in [0.05, 0.1) is 0 Å². The molecule has 1 amide bonds. The van der Waals surface area contributed by atoms with E-state index in [1.807, 2.05) is 0 Å². The van der Waals surface area contributed by atoms with Gasteiger partial charge in [0.15, 0.2) is 0 Å². The molecule has 1 aromatic rings. The van der Waals surface area contributed by atoms with Crippen molar-refractivity contribution in [1.29, 1.82) is 0 Å². The molecule has 2 aliphatic carbocycles. The number of piperidine rings is 1. The summed E-state index contributed by atoms with van der Waals surface area (Å²) in [6.45, 7) is 0. The molecule has 2 saturated carbocycles. The number of carbonyl (C=O) groups excluding carboxylic acids is 1. The van der Waals surface area contributed by atoms with Gasteiger partial charge in [0.1, 0.15) is 0 Å². The maximum Gasteiger partial charge on any atom is 0.223 e. The molecule has 4 rings (SSSR count). The van der Waals surface area contributed by atoms with E-state index in [1.165, 1.54) is 12.0 Å². The second-order valence-corrected chi connectivity index (χ2v) is 5.62. The number of benzene rings is 1. The summed E-state index contributed by atoms with van der Waals surface area (Å²) in [6.07, 6.45) is 3.49. The van der Waals surface area contributed by atoms with Crippen LogP contribution in [0.25, 0.3) is 0 Å². The van der Waals surface area contributed by atoms with Crippen LogP contribution in [0.1, 0.15) is 30.7 Å². The number of rotatable bonds is 1. The highest BCUT2D eigenvalue weighted by Crippen LogP contribution is 2.62. The second kappa shape index (κ2) is 2.68. The van der Waals surface area contributed by atoms with E-state index in [4.69, 9.17) is 0 Å². The zero-order valence-corrected chi connectivity index (χ0v) is 9.15. The van der Waals surface area contributed by atoms with Crippen LogP contribution >= 0.6 is 0 Å².